The van der Waals surface area contributed by atoms with Gasteiger partial charge >= 0.3 is 0 Å². The number of carbonyl (C=O) groups is 2. The van der Waals surface area contributed by atoms with E-state index in [2.05, 4.69) is 9.97 Å². The van der Waals surface area contributed by atoms with Gasteiger partial charge in [-0.3, -0.25) is 14.0 Å². The summed E-state index contributed by atoms with van der Waals surface area (Å²) in [5.74, 6) is -1.60. The summed E-state index contributed by atoms with van der Waals surface area (Å²) in [4.78, 5) is 36.5. The Balaban J connectivity index is 1.60. The van der Waals surface area contributed by atoms with E-state index in [9.17, 15) is 14.7 Å². The Bertz CT molecular complexity index is 1410. The van der Waals surface area contributed by atoms with Crippen LogP contribution in [0.5, 0.6) is 0 Å². The molecule has 1 N–H and O–H groups in total. The second-order valence-electron chi connectivity index (χ2n) is 8.17. The molecule has 1 atom stereocenters. The number of pyridine rings is 1. The van der Waals surface area contributed by atoms with Crippen LogP contribution in [-0.2, 0) is 16.1 Å². The number of halogens is 1. The van der Waals surface area contributed by atoms with Gasteiger partial charge in [-0.05, 0) is 43.2 Å². The molecule has 0 spiro atoms. The first kappa shape index (κ1) is 21.9. The predicted molar refractivity (Wildman–Crippen MR) is 127 cm³/mol. The number of amides is 1. The van der Waals surface area contributed by atoms with E-state index in [-0.39, 0.29) is 11.3 Å². The molecule has 1 aliphatic heterocycles. The molecule has 0 unspecified atom stereocenters. The van der Waals surface area contributed by atoms with Gasteiger partial charge in [0.2, 0.25) is 0 Å². The summed E-state index contributed by atoms with van der Waals surface area (Å²) in [5.41, 5.74) is 2.33. The van der Waals surface area contributed by atoms with E-state index in [1.165, 1.54) is 4.90 Å². The first-order valence-electron chi connectivity index (χ1n) is 10.9. The Hall–Kier alpha value is -3.91. The van der Waals surface area contributed by atoms with Gasteiger partial charge in [0.25, 0.3) is 11.7 Å². The summed E-state index contributed by atoms with van der Waals surface area (Å²) in [6.45, 7) is 2.74. The number of hydrogen-bond acceptors (Lipinski definition) is 5. The monoisotopic (exact) mass is 475 g/mol. The minimum absolute atomic E-state index is 0.0451. The zero-order chi connectivity index (χ0) is 23.8. The lowest BCUT2D eigenvalue weighted by molar-refractivity contribution is -0.139. The highest BCUT2D eigenvalue weighted by atomic mass is 35.5. The Kier molecular flexibility index (Phi) is 5.67. The number of hydrogen-bond donors (Lipinski definition) is 1. The van der Waals surface area contributed by atoms with E-state index in [0.717, 1.165) is 0 Å². The van der Waals surface area contributed by atoms with Crippen LogP contribution in [0.3, 0.4) is 0 Å². The molecule has 4 heterocycles. The quantitative estimate of drug-likeness (QED) is 0.258. The largest absolute Gasteiger partial charge is 0.505 e. The lowest BCUT2D eigenvalue weighted by Crippen LogP contribution is -2.31. The van der Waals surface area contributed by atoms with Crippen LogP contribution in [0.15, 0.2) is 73.0 Å². The van der Waals surface area contributed by atoms with E-state index in [4.69, 9.17) is 11.6 Å². The summed E-state index contributed by atoms with van der Waals surface area (Å²) < 4.78 is 3.63. The molecule has 4 aromatic rings. The second kappa shape index (κ2) is 8.79. The number of aliphatic hydroxyl groups is 1. The number of aryl methyl sites for hydroxylation is 2. The average Bonchev–Trinajstić information content (AvgIpc) is 3.52. The van der Waals surface area contributed by atoms with Crippen molar-refractivity contribution in [2.24, 2.45) is 0 Å². The van der Waals surface area contributed by atoms with Gasteiger partial charge in [0.15, 0.2) is 5.76 Å². The van der Waals surface area contributed by atoms with Crippen molar-refractivity contribution in [2.45, 2.75) is 25.9 Å². The van der Waals surface area contributed by atoms with E-state index in [0.29, 0.717) is 47.1 Å². The fourth-order valence-electron chi connectivity index (χ4n) is 4.47. The lowest BCUT2D eigenvalue weighted by atomic mass is 9.96. The average molecular weight is 476 g/mol. The Morgan fingerprint density at radius 3 is 2.62 bits per heavy atom. The minimum Gasteiger partial charge on any atom is -0.505 e. The van der Waals surface area contributed by atoms with Gasteiger partial charge < -0.3 is 14.6 Å². The van der Waals surface area contributed by atoms with Crippen LogP contribution < -0.4 is 0 Å². The standard InChI is InChI=1S/C25H22ClN5O3/c1-16-21(30-12-3-2-5-19(30)28-16)23(32)20-22(17-6-8-18(26)9-7-17)31(25(34)24(20)33)13-4-11-29-14-10-27-15-29/h2-3,5-10,12,14-15,22,32H,4,11,13H2,1H3/t22-/m1/s1. The molecule has 0 radical (unpaired) electrons. The van der Waals surface area contributed by atoms with Gasteiger partial charge in [-0.2, -0.15) is 0 Å². The number of likely N-dealkylation sites (tertiary alicyclic amines) is 1. The number of aromatic nitrogens is 4. The van der Waals surface area contributed by atoms with Crippen LogP contribution in [0.25, 0.3) is 11.4 Å². The van der Waals surface area contributed by atoms with E-state index < -0.39 is 17.7 Å². The van der Waals surface area contributed by atoms with Gasteiger partial charge in [-0.15, -0.1) is 0 Å². The molecule has 1 fully saturated rings. The van der Waals surface area contributed by atoms with Crippen molar-refractivity contribution in [2.75, 3.05) is 6.54 Å². The molecule has 1 aliphatic rings. The normalized spacial score (nSPS) is 17.7. The molecule has 0 saturated carbocycles. The third-order valence-corrected chi connectivity index (χ3v) is 6.28. The maximum atomic E-state index is 13.3. The number of carbonyl (C=O) groups excluding carboxylic acids is 2. The maximum absolute atomic E-state index is 13.3. The van der Waals surface area contributed by atoms with Crippen molar-refractivity contribution in [3.05, 3.63) is 94.9 Å². The van der Waals surface area contributed by atoms with Crippen LogP contribution in [0, 0.1) is 6.92 Å². The Morgan fingerprint density at radius 2 is 1.88 bits per heavy atom. The van der Waals surface area contributed by atoms with Gasteiger partial charge in [0.1, 0.15) is 11.3 Å². The molecule has 1 saturated heterocycles. The topological polar surface area (TPSA) is 92.7 Å². The van der Waals surface area contributed by atoms with Gasteiger partial charge in [-0.25, -0.2) is 9.97 Å². The van der Waals surface area contributed by atoms with Crippen molar-refractivity contribution in [3.63, 3.8) is 0 Å². The molecule has 8 nitrogen and oxygen atoms in total. The number of rotatable bonds is 6. The third-order valence-electron chi connectivity index (χ3n) is 6.03. The van der Waals surface area contributed by atoms with Crippen molar-refractivity contribution in [1.29, 1.82) is 0 Å². The molecule has 34 heavy (non-hydrogen) atoms. The minimum atomic E-state index is -0.742. The van der Waals surface area contributed by atoms with Gasteiger partial charge in [0, 0.05) is 36.7 Å². The molecular weight excluding hydrogens is 454 g/mol. The van der Waals surface area contributed by atoms with E-state index in [1.54, 1.807) is 54.3 Å². The SMILES string of the molecule is Cc1nc2ccccn2c1C(O)=C1C(=O)C(=O)N(CCCn2ccnc2)[C@@H]1c1ccc(Cl)cc1. The fraction of sp³-hybridized carbons (Fsp3) is 0.200. The zero-order valence-corrected chi connectivity index (χ0v) is 19.2. The Morgan fingerprint density at radius 1 is 1.09 bits per heavy atom. The molecule has 9 heteroatoms. The number of aliphatic hydroxyl groups excluding tert-OH is 1. The van der Waals surface area contributed by atoms with Crippen LogP contribution in [0.4, 0.5) is 0 Å². The smallest absolute Gasteiger partial charge is 0.295 e. The van der Waals surface area contributed by atoms with Crippen LogP contribution in [-0.4, -0.2) is 47.2 Å². The van der Waals surface area contributed by atoms with Crippen molar-refractivity contribution >= 4 is 34.7 Å². The number of Topliss-reactive ketones (excluding diaryl/α,β-unsaturated/α-hetero) is 1. The molecule has 0 bridgehead atoms. The number of fused-ring (bicyclic) bond motifs is 1. The number of benzene rings is 1. The second-order valence-corrected chi connectivity index (χ2v) is 8.61. The lowest BCUT2D eigenvalue weighted by Gasteiger charge is -2.25. The zero-order valence-electron chi connectivity index (χ0n) is 18.4. The number of ketones is 1. The highest BCUT2D eigenvalue weighted by Gasteiger charge is 2.46. The predicted octanol–water partition coefficient (Wildman–Crippen LogP) is 4.00. The number of imidazole rings is 2. The van der Waals surface area contributed by atoms with Crippen molar-refractivity contribution in [1.82, 2.24) is 23.8 Å². The third kappa shape index (κ3) is 3.76. The van der Waals surface area contributed by atoms with Gasteiger partial charge in [-0.1, -0.05) is 29.8 Å². The first-order chi connectivity index (χ1) is 16.5. The molecular formula is C25H22ClN5O3. The van der Waals surface area contributed by atoms with E-state index >= 15 is 0 Å². The van der Waals surface area contributed by atoms with Crippen LogP contribution >= 0.6 is 11.6 Å². The molecule has 1 aromatic carbocycles. The van der Waals surface area contributed by atoms with Crippen molar-refractivity contribution in [3.8, 4) is 0 Å². The highest BCUT2D eigenvalue weighted by Crippen LogP contribution is 2.40. The molecule has 172 valence electrons. The summed E-state index contributed by atoms with van der Waals surface area (Å²) in [5, 5.41) is 12.0. The summed E-state index contributed by atoms with van der Waals surface area (Å²) in [6, 6.07) is 11.7. The molecule has 1 amide bonds. The van der Waals surface area contributed by atoms with Gasteiger partial charge in [0.05, 0.1) is 23.6 Å². The molecule has 5 rings (SSSR count). The van der Waals surface area contributed by atoms with Crippen molar-refractivity contribution < 1.29 is 14.7 Å². The summed E-state index contributed by atoms with van der Waals surface area (Å²) >= 11 is 6.09. The summed E-state index contributed by atoms with van der Waals surface area (Å²) in [6.07, 6.45) is 7.62. The highest BCUT2D eigenvalue weighted by molar-refractivity contribution is 6.46. The Labute approximate surface area is 200 Å². The maximum Gasteiger partial charge on any atom is 0.295 e. The molecule has 0 aliphatic carbocycles. The number of nitrogens with zero attached hydrogens (tertiary/aromatic N) is 5. The first-order valence-corrected chi connectivity index (χ1v) is 11.3. The molecule has 3 aromatic heterocycles. The van der Waals surface area contributed by atoms with Crippen LogP contribution in [0.2, 0.25) is 5.02 Å². The van der Waals surface area contributed by atoms with Crippen LogP contribution in [0.1, 0.15) is 29.4 Å². The van der Waals surface area contributed by atoms with E-state index in [1.807, 2.05) is 29.0 Å². The fourth-order valence-corrected chi connectivity index (χ4v) is 4.60. The summed E-state index contributed by atoms with van der Waals surface area (Å²) in [7, 11) is 0.